The molecule has 3 aromatic carbocycles. The standard InChI is InChI=1S/C30H31FN4O3S/c1-20-16-22(3)29(17-21(20)2)39(37,38)34-15-14-28-26(18-34)27(32-33(28)4)19-35(25-8-6-5-7-9-25)30(36)23-10-12-24(31)13-11-23/h5-13,16-17H,14-15,18-19H2,1-4H3. The van der Waals surface area contributed by atoms with Gasteiger partial charge in [-0.1, -0.05) is 24.3 Å². The van der Waals surface area contributed by atoms with E-state index in [0.717, 1.165) is 27.9 Å². The number of para-hydroxylation sites is 1. The van der Waals surface area contributed by atoms with Crippen LogP contribution >= 0.6 is 0 Å². The van der Waals surface area contributed by atoms with Gasteiger partial charge in [-0.3, -0.25) is 9.48 Å². The molecule has 202 valence electrons. The van der Waals surface area contributed by atoms with Crippen molar-refractivity contribution in [2.75, 3.05) is 11.4 Å². The zero-order valence-electron chi connectivity index (χ0n) is 22.5. The van der Waals surface area contributed by atoms with Crippen LogP contribution < -0.4 is 4.90 Å². The number of aryl methyl sites for hydroxylation is 4. The lowest BCUT2D eigenvalue weighted by atomic mass is 10.1. The van der Waals surface area contributed by atoms with Gasteiger partial charge in [0.05, 0.1) is 17.1 Å². The number of carbonyl (C=O) groups is 1. The second-order valence-corrected chi connectivity index (χ2v) is 11.9. The first-order valence-corrected chi connectivity index (χ1v) is 14.2. The van der Waals surface area contributed by atoms with Crippen molar-refractivity contribution in [2.45, 2.75) is 45.2 Å². The Morgan fingerprint density at radius 3 is 2.33 bits per heavy atom. The van der Waals surface area contributed by atoms with Crippen LogP contribution in [-0.4, -0.2) is 35.0 Å². The Balaban J connectivity index is 1.50. The van der Waals surface area contributed by atoms with Crippen LogP contribution in [0.4, 0.5) is 10.1 Å². The van der Waals surface area contributed by atoms with Crippen LogP contribution in [0.15, 0.2) is 71.6 Å². The third-order valence-corrected chi connectivity index (χ3v) is 9.40. The summed E-state index contributed by atoms with van der Waals surface area (Å²) >= 11 is 0. The van der Waals surface area contributed by atoms with Gasteiger partial charge in [0.25, 0.3) is 5.91 Å². The molecule has 0 bridgehead atoms. The minimum Gasteiger partial charge on any atom is -0.302 e. The predicted octanol–water partition coefficient (Wildman–Crippen LogP) is 5.08. The van der Waals surface area contributed by atoms with E-state index < -0.39 is 15.8 Å². The molecule has 0 fully saturated rings. The highest BCUT2D eigenvalue weighted by Gasteiger charge is 2.34. The van der Waals surface area contributed by atoms with E-state index in [2.05, 4.69) is 0 Å². The molecule has 7 nitrogen and oxygen atoms in total. The molecule has 0 saturated carbocycles. The predicted molar refractivity (Wildman–Crippen MR) is 149 cm³/mol. The average molecular weight is 547 g/mol. The van der Waals surface area contributed by atoms with Crippen molar-refractivity contribution < 1.29 is 17.6 Å². The van der Waals surface area contributed by atoms with E-state index >= 15 is 0 Å². The molecule has 0 radical (unpaired) electrons. The second kappa shape index (κ2) is 10.4. The van der Waals surface area contributed by atoms with Gasteiger partial charge in [-0.25, -0.2) is 12.8 Å². The Bertz CT molecular complexity index is 1650. The van der Waals surface area contributed by atoms with Crippen molar-refractivity contribution >= 4 is 21.6 Å². The fourth-order valence-electron chi connectivity index (χ4n) is 5.11. The zero-order chi connectivity index (χ0) is 27.9. The number of nitrogens with zero attached hydrogens (tertiary/aromatic N) is 4. The molecule has 1 aromatic heterocycles. The summed E-state index contributed by atoms with van der Waals surface area (Å²) < 4.78 is 44.4. The van der Waals surface area contributed by atoms with E-state index in [0.29, 0.717) is 34.8 Å². The van der Waals surface area contributed by atoms with Crippen molar-refractivity contribution in [1.82, 2.24) is 14.1 Å². The van der Waals surface area contributed by atoms with Gasteiger partial charge in [0.2, 0.25) is 10.0 Å². The number of hydrogen-bond donors (Lipinski definition) is 0. The number of amides is 1. The molecule has 5 rings (SSSR count). The summed E-state index contributed by atoms with van der Waals surface area (Å²) in [7, 11) is -1.90. The molecular weight excluding hydrogens is 515 g/mol. The van der Waals surface area contributed by atoms with E-state index in [1.165, 1.54) is 28.6 Å². The molecule has 39 heavy (non-hydrogen) atoms. The van der Waals surface area contributed by atoms with Crippen molar-refractivity contribution in [3.63, 3.8) is 0 Å². The lowest BCUT2D eigenvalue weighted by molar-refractivity contribution is 0.0984. The van der Waals surface area contributed by atoms with E-state index in [1.807, 2.05) is 64.2 Å². The number of carbonyl (C=O) groups excluding carboxylic acids is 1. The maximum atomic E-state index is 13.8. The summed E-state index contributed by atoms with van der Waals surface area (Å²) in [5.41, 5.74) is 6.10. The summed E-state index contributed by atoms with van der Waals surface area (Å²) in [4.78, 5) is 15.5. The number of hydrogen-bond acceptors (Lipinski definition) is 4. The van der Waals surface area contributed by atoms with Crippen molar-refractivity contribution in [1.29, 1.82) is 0 Å². The minimum absolute atomic E-state index is 0.139. The number of fused-ring (bicyclic) bond motifs is 1. The number of halogens is 1. The van der Waals surface area contributed by atoms with Crippen LogP contribution in [0.5, 0.6) is 0 Å². The van der Waals surface area contributed by atoms with Gasteiger partial charge in [0, 0.05) is 49.1 Å². The van der Waals surface area contributed by atoms with Gasteiger partial charge in [-0.05, 0) is 79.9 Å². The molecule has 1 aliphatic rings. The molecule has 0 N–H and O–H groups in total. The molecule has 0 unspecified atom stereocenters. The SMILES string of the molecule is Cc1cc(C)c(S(=O)(=O)N2CCc3c(c(CN(C(=O)c4ccc(F)cc4)c4ccccc4)nn3C)C2)cc1C. The number of sulfonamides is 1. The lowest BCUT2D eigenvalue weighted by Gasteiger charge is -2.28. The highest BCUT2D eigenvalue weighted by molar-refractivity contribution is 7.89. The first kappa shape index (κ1) is 26.8. The fourth-order valence-corrected chi connectivity index (χ4v) is 6.81. The van der Waals surface area contributed by atoms with Gasteiger partial charge in [0.15, 0.2) is 0 Å². The first-order valence-electron chi connectivity index (χ1n) is 12.8. The zero-order valence-corrected chi connectivity index (χ0v) is 23.3. The Morgan fingerprint density at radius 2 is 1.64 bits per heavy atom. The summed E-state index contributed by atoms with van der Waals surface area (Å²) in [6.45, 7) is 6.36. The average Bonchev–Trinajstić information content (AvgIpc) is 3.24. The maximum Gasteiger partial charge on any atom is 0.258 e. The third kappa shape index (κ3) is 5.12. The van der Waals surface area contributed by atoms with Gasteiger partial charge >= 0.3 is 0 Å². The number of benzene rings is 3. The van der Waals surface area contributed by atoms with E-state index in [-0.39, 0.29) is 19.0 Å². The van der Waals surface area contributed by atoms with E-state index in [4.69, 9.17) is 5.10 Å². The number of anilines is 1. The van der Waals surface area contributed by atoms with E-state index in [1.54, 1.807) is 15.6 Å². The number of aromatic nitrogens is 2. The molecule has 2 heterocycles. The maximum absolute atomic E-state index is 13.8. The summed E-state index contributed by atoms with van der Waals surface area (Å²) in [5.74, 6) is -0.719. The third-order valence-electron chi connectivity index (χ3n) is 7.41. The van der Waals surface area contributed by atoms with Crippen LogP contribution in [0.1, 0.15) is 44.0 Å². The topological polar surface area (TPSA) is 75.5 Å². The van der Waals surface area contributed by atoms with Gasteiger partial charge in [0.1, 0.15) is 5.82 Å². The Labute approximate surface area is 228 Å². The smallest absolute Gasteiger partial charge is 0.258 e. The molecule has 0 saturated heterocycles. The summed E-state index contributed by atoms with van der Waals surface area (Å²) in [6, 6.07) is 18.3. The van der Waals surface area contributed by atoms with Crippen LogP contribution in [0.25, 0.3) is 0 Å². The summed E-state index contributed by atoms with van der Waals surface area (Å²) in [6.07, 6.45) is 0.513. The van der Waals surface area contributed by atoms with Crippen LogP contribution in [0.3, 0.4) is 0 Å². The monoisotopic (exact) mass is 546 g/mol. The Morgan fingerprint density at radius 1 is 0.974 bits per heavy atom. The van der Waals surface area contributed by atoms with Crippen molar-refractivity contribution in [3.05, 3.63) is 112 Å². The molecule has 1 aliphatic heterocycles. The van der Waals surface area contributed by atoms with Crippen molar-refractivity contribution in [3.8, 4) is 0 Å². The molecular formula is C30H31FN4O3S. The Kier molecular flexibility index (Phi) is 7.13. The normalized spacial score (nSPS) is 13.8. The highest BCUT2D eigenvalue weighted by Crippen LogP contribution is 2.31. The quantitative estimate of drug-likeness (QED) is 0.338. The minimum atomic E-state index is -3.75. The molecule has 4 aromatic rings. The molecule has 0 spiro atoms. The molecule has 0 atom stereocenters. The lowest BCUT2D eigenvalue weighted by Crippen LogP contribution is -2.37. The Hall–Kier alpha value is -3.82. The molecule has 1 amide bonds. The van der Waals surface area contributed by atoms with Gasteiger partial charge in [-0.15, -0.1) is 0 Å². The van der Waals surface area contributed by atoms with Crippen LogP contribution in [-0.2, 0) is 36.6 Å². The van der Waals surface area contributed by atoms with Gasteiger partial charge in [-0.2, -0.15) is 9.40 Å². The highest BCUT2D eigenvalue weighted by atomic mass is 32.2. The largest absolute Gasteiger partial charge is 0.302 e. The second-order valence-electron chi connectivity index (χ2n) is 10.0. The molecule has 9 heteroatoms. The van der Waals surface area contributed by atoms with Crippen molar-refractivity contribution in [2.24, 2.45) is 7.05 Å². The van der Waals surface area contributed by atoms with E-state index in [9.17, 15) is 17.6 Å². The first-order chi connectivity index (χ1) is 18.6. The van der Waals surface area contributed by atoms with Crippen LogP contribution in [0, 0.1) is 26.6 Å². The summed E-state index contributed by atoms with van der Waals surface area (Å²) in [5, 5.41) is 4.72. The molecule has 0 aliphatic carbocycles. The van der Waals surface area contributed by atoms with Crippen LogP contribution in [0.2, 0.25) is 0 Å². The fraction of sp³-hybridized carbons (Fsp3) is 0.267. The number of rotatable bonds is 6. The van der Waals surface area contributed by atoms with Gasteiger partial charge < -0.3 is 4.90 Å².